The minimum Gasteiger partial charge on any atom is -0.496 e. The summed E-state index contributed by atoms with van der Waals surface area (Å²) in [5.74, 6) is -2.16. The molecule has 6 nitrogen and oxygen atoms in total. The van der Waals surface area contributed by atoms with Gasteiger partial charge >= 0.3 is 0 Å². The van der Waals surface area contributed by atoms with Crippen molar-refractivity contribution in [3.05, 3.63) is 90.0 Å². The van der Waals surface area contributed by atoms with Crippen LogP contribution in [0.15, 0.2) is 77.7 Å². The van der Waals surface area contributed by atoms with Crippen LogP contribution in [-0.2, 0) is 14.8 Å². The zero-order chi connectivity index (χ0) is 22.4. The summed E-state index contributed by atoms with van der Waals surface area (Å²) >= 11 is 0. The molecule has 0 spiro atoms. The van der Waals surface area contributed by atoms with Crippen molar-refractivity contribution >= 4 is 33.4 Å². The number of amides is 1. The molecule has 2 N–H and O–H groups in total. The molecule has 0 aliphatic rings. The second-order valence-corrected chi connectivity index (χ2v) is 8.01. The zero-order valence-electron chi connectivity index (χ0n) is 16.3. The third-order valence-corrected chi connectivity index (χ3v) is 5.54. The second-order valence-electron chi connectivity index (χ2n) is 6.32. The van der Waals surface area contributed by atoms with E-state index in [9.17, 15) is 22.0 Å². The molecule has 3 aromatic rings. The van der Waals surface area contributed by atoms with Gasteiger partial charge in [-0.25, -0.2) is 17.2 Å². The van der Waals surface area contributed by atoms with Crippen molar-refractivity contribution in [1.82, 2.24) is 0 Å². The van der Waals surface area contributed by atoms with E-state index in [2.05, 4.69) is 10.0 Å². The van der Waals surface area contributed by atoms with Crippen LogP contribution in [0, 0.1) is 11.6 Å². The average molecular weight is 444 g/mol. The first-order valence-corrected chi connectivity index (χ1v) is 10.5. The van der Waals surface area contributed by atoms with Gasteiger partial charge in [0.25, 0.3) is 10.0 Å². The Morgan fingerprint density at radius 1 is 0.935 bits per heavy atom. The van der Waals surface area contributed by atoms with Crippen LogP contribution >= 0.6 is 0 Å². The van der Waals surface area contributed by atoms with Crippen LogP contribution in [0.4, 0.5) is 20.2 Å². The van der Waals surface area contributed by atoms with Crippen molar-refractivity contribution in [2.75, 3.05) is 17.1 Å². The lowest BCUT2D eigenvalue weighted by atomic mass is 10.2. The average Bonchev–Trinajstić information content (AvgIpc) is 2.75. The molecule has 9 heteroatoms. The van der Waals surface area contributed by atoms with Crippen molar-refractivity contribution in [1.29, 1.82) is 0 Å². The minimum absolute atomic E-state index is 0.187. The first-order chi connectivity index (χ1) is 14.8. The predicted molar refractivity (Wildman–Crippen MR) is 114 cm³/mol. The summed E-state index contributed by atoms with van der Waals surface area (Å²) in [6, 6.07) is 15.4. The number of carbonyl (C=O) groups excluding carboxylic acids is 1. The third kappa shape index (κ3) is 5.67. The summed E-state index contributed by atoms with van der Waals surface area (Å²) < 4.78 is 58.4. The number of anilines is 2. The highest BCUT2D eigenvalue weighted by Crippen LogP contribution is 2.21. The molecule has 3 rings (SSSR count). The summed E-state index contributed by atoms with van der Waals surface area (Å²) in [5, 5.41) is 2.65. The van der Waals surface area contributed by atoms with Gasteiger partial charge in [0.2, 0.25) is 5.91 Å². The number of nitrogens with one attached hydrogen (secondary N) is 2. The van der Waals surface area contributed by atoms with Crippen LogP contribution in [0.1, 0.15) is 5.56 Å². The lowest BCUT2D eigenvalue weighted by Gasteiger charge is -2.09. The number of halogens is 2. The highest BCUT2D eigenvalue weighted by atomic mass is 32.2. The van der Waals surface area contributed by atoms with E-state index in [1.165, 1.54) is 37.5 Å². The minimum atomic E-state index is -4.10. The molecule has 0 bridgehead atoms. The maximum absolute atomic E-state index is 13.3. The molecule has 0 heterocycles. The molecule has 31 heavy (non-hydrogen) atoms. The maximum atomic E-state index is 13.3. The van der Waals surface area contributed by atoms with Gasteiger partial charge in [-0.1, -0.05) is 18.2 Å². The molecule has 0 atom stereocenters. The van der Waals surface area contributed by atoms with Crippen LogP contribution in [0.2, 0.25) is 0 Å². The van der Waals surface area contributed by atoms with Crippen molar-refractivity contribution in [3.8, 4) is 5.75 Å². The van der Waals surface area contributed by atoms with Crippen molar-refractivity contribution in [2.24, 2.45) is 0 Å². The molecule has 0 radical (unpaired) electrons. The first kappa shape index (κ1) is 22.0. The zero-order valence-corrected chi connectivity index (χ0v) is 17.1. The number of ether oxygens (including phenoxy) is 1. The number of rotatable bonds is 7. The molecular weight excluding hydrogens is 426 g/mol. The maximum Gasteiger partial charge on any atom is 0.261 e. The van der Waals surface area contributed by atoms with E-state index >= 15 is 0 Å². The van der Waals surface area contributed by atoms with Gasteiger partial charge in [0, 0.05) is 23.0 Å². The van der Waals surface area contributed by atoms with Gasteiger partial charge in [-0.2, -0.15) is 0 Å². The number of hydrogen-bond acceptors (Lipinski definition) is 4. The van der Waals surface area contributed by atoms with Gasteiger partial charge in [0.1, 0.15) is 5.75 Å². The van der Waals surface area contributed by atoms with Crippen LogP contribution < -0.4 is 14.8 Å². The predicted octanol–water partition coefficient (Wildman–Crippen LogP) is 4.43. The van der Waals surface area contributed by atoms with E-state index < -0.39 is 26.6 Å². The Balaban J connectivity index is 1.65. The van der Waals surface area contributed by atoms with E-state index in [-0.39, 0.29) is 11.6 Å². The second kappa shape index (κ2) is 9.40. The highest BCUT2D eigenvalue weighted by molar-refractivity contribution is 7.92. The summed E-state index contributed by atoms with van der Waals surface area (Å²) in [6.45, 7) is 0. The normalized spacial score (nSPS) is 11.3. The molecule has 160 valence electrons. The summed E-state index contributed by atoms with van der Waals surface area (Å²) in [4.78, 5) is 11.7. The first-order valence-electron chi connectivity index (χ1n) is 8.98. The number of hydrogen-bond donors (Lipinski definition) is 2. The molecule has 0 saturated carbocycles. The lowest BCUT2D eigenvalue weighted by molar-refractivity contribution is -0.111. The standard InChI is InChI=1S/C22H18F2N2O4S/c1-30-21-5-3-2-4-15(21)6-13-22(27)25-16-7-9-17(10-8-16)26-31(28,29)18-11-12-19(23)20(24)14-18/h2-14,26H,1H3,(H,25,27)/b13-6+. The Labute approximate surface area is 178 Å². The fourth-order valence-corrected chi connectivity index (χ4v) is 3.70. The summed E-state index contributed by atoms with van der Waals surface area (Å²) in [7, 11) is -2.56. The van der Waals surface area contributed by atoms with Crippen LogP contribution in [0.3, 0.4) is 0 Å². The summed E-state index contributed by atoms with van der Waals surface area (Å²) in [5.41, 5.74) is 1.36. The van der Waals surface area contributed by atoms with E-state index in [1.54, 1.807) is 18.2 Å². The van der Waals surface area contributed by atoms with Gasteiger partial charge in [-0.05, 0) is 54.6 Å². The van der Waals surface area contributed by atoms with Gasteiger partial charge in [-0.3, -0.25) is 9.52 Å². The molecule has 0 saturated heterocycles. The Morgan fingerprint density at radius 3 is 2.29 bits per heavy atom. The monoisotopic (exact) mass is 444 g/mol. The van der Waals surface area contributed by atoms with Gasteiger partial charge in [-0.15, -0.1) is 0 Å². The van der Waals surface area contributed by atoms with Gasteiger partial charge < -0.3 is 10.1 Å². The molecule has 0 aromatic heterocycles. The summed E-state index contributed by atoms with van der Waals surface area (Å²) in [6.07, 6.45) is 2.95. The van der Waals surface area contributed by atoms with Crippen molar-refractivity contribution < 1.29 is 26.7 Å². The van der Waals surface area contributed by atoms with Crippen molar-refractivity contribution in [3.63, 3.8) is 0 Å². The van der Waals surface area contributed by atoms with E-state index in [4.69, 9.17) is 4.74 Å². The quantitative estimate of drug-likeness (QED) is 0.528. The lowest BCUT2D eigenvalue weighted by Crippen LogP contribution is -2.13. The number of sulfonamides is 1. The fraction of sp³-hybridized carbons (Fsp3) is 0.0455. The Kier molecular flexibility index (Phi) is 6.66. The Hall–Kier alpha value is -3.72. The SMILES string of the molecule is COc1ccccc1/C=C/C(=O)Nc1ccc(NS(=O)(=O)c2ccc(F)c(F)c2)cc1. The van der Waals surface area contributed by atoms with Crippen molar-refractivity contribution in [2.45, 2.75) is 4.90 Å². The molecular formula is C22H18F2N2O4S. The number of methoxy groups -OCH3 is 1. The van der Waals surface area contributed by atoms with E-state index in [1.807, 2.05) is 12.1 Å². The molecule has 0 fully saturated rings. The molecule has 0 aliphatic carbocycles. The van der Waals surface area contributed by atoms with E-state index in [0.29, 0.717) is 17.5 Å². The van der Waals surface area contributed by atoms with Gasteiger partial charge in [0.05, 0.1) is 12.0 Å². The smallest absolute Gasteiger partial charge is 0.261 e. The van der Waals surface area contributed by atoms with Crippen LogP contribution in [0.25, 0.3) is 6.08 Å². The fourth-order valence-electron chi connectivity index (χ4n) is 2.63. The van der Waals surface area contributed by atoms with Crippen LogP contribution in [0.5, 0.6) is 5.75 Å². The molecule has 0 unspecified atom stereocenters. The third-order valence-electron chi connectivity index (χ3n) is 4.16. The van der Waals surface area contributed by atoms with E-state index in [0.717, 1.165) is 17.7 Å². The largest absolute Gasteiger partial charge is 0.496 e. The number of para-hydroxylation sites is 1. The topological polar surface area (TPSA) is 84.5 Å². The molecule has 0 aliphatic heterocycles. The number of carbonyl (C=O) groups is 1. The Bertz CT molecular complexity index is 1230. The highest BCUT2D eigenvalue weighted by Gasteiger charge is 2.16. The molecule has 1 amide bonds. The van der Waals surface area contributed by atoms with Crippen LogP contribution in [-0.4, -0.2) is 21.4 Å². The number of benzene rings is 3. The molecule has 3 aromatic carbocycles. The Morgan fingerprint density at radius 2 is 1.61 bits per heavy atom. The van der Waals surface area contributed by atoms with Gasteiger partial charge in [0.15, 0.2) is 11.6 Å².